The number of hydrogen-bond donors (Lipinski definition) is 2. The van der Waals surface area contributed by atoms with E-state index in [2.05, 4.69) is 10.3 Å². The predicted octanol–water partition coefficient (Wildman–Crippen LogP) is 2.38. The summed E-state index contributed by atoms with van der Waals surface area (Å²) in [4.78, 5) is 14.8. The summed E-state index contributed by atoms with van der Waals surface area (Å²) in [6.07, 6.45) is 8.15. The molecule has 4 heteroatoms. The summed E-state index contributed by atoms with van der Waals surface area (Å²) in [5.41, 5.74) is 0.909. The van der Waals surface area contributed by atoms with Crippen LogP contribution >= 0.6 is 0 Å². The number of nitrogens with zero attached hydrogens (tertiary/aromatic N) is 1. The minimum atomic E-state index is -0.910. The Morgan fingerprint density at radius 2 is 2.38 bits per heavy atom. The smallest absolute Gasteiger partial charge is 0.337 e. The Balaban J connectivity index is 1.84. The number of rotatable bonds is 6. The van der Waals surface area contributed by atoms with Gasteiger partial charge in [-0.25, -0.2) is 4.79 Å². The molecule has 0 spiro atoms. The maximum Gasteiger partial charge on any atom is 0.337 e. The van der Waals surface area contributed by atoms with Gasteiger partial charge in [0.1, 0.15) is 0 Å². The molecule has 0 amide bonds. The van der Waals surface area contributed by atoms with E-state index in [4.69, 9.17) is 5.11 Å². The Kier molecular flexibility index (Phi) is 3.39. The summed E-state index contributed by atoms with van der Waals surface area (Å²) in [6, 6.07) is 1.52. The molecule has 0 radical (unpaired) electrons. The number of aromatic nitrogens is 1. The molecule has 0 bridgehead atoms. The minimum Gasteiger partial charge on any atom is -0.478 e. The van der Waals surface area contributed by atoms with Gasteiger partial charge in [0, 0.05) is 12.7 Å². The van der Waals surface area contributed by atoms with E-state index >= 15 is 0 Å². The summed E-state index contributed by atoms with van der Waals surface area (Å²) in [7, 11) is 0. The van der Waals surface area contributed by atoms with Crippen LogP contribution in [0.1, 0.15) is 36.0 Å². The van der Waals surface area contributed by atoms with Crippen LogP contribution in [0.15, 0.2) is 18.5 Å². The van der Waals surface area contributed by atoms with Crippen molar-refractivity contribution in [2.24, 2.45) is 5.92 Å². The van der Waals surface area contributed by atoms with E-state index < -0.39 is 5.97 Å². The maximum atomic E-state index is 10.9. The van der Waals surface area contributed by atoms with Crippen LogP contribution < -0.4 is 5.32 Å². The standard InChI is InChI=1S/C12H16N2O2/c15-12(16)10-5-7-13-8-11(10)14-6-1-2-9-3-4-9/h5,7-9,14H,1-4,6H2,(H,15,16). The predicted molar refractivity (Wildman–Crippen MR) is 61.6 cm³/mol. The highest BCUT2D eigenvalue weighted by atomic mass is 16.4. The molecule has 1 fully saturated rings. The highest BCUT2D eigenvalue weighted by Crippen LogP contribution is 2.33. The van der Waals surface area contributed by atoms with Crippen molar-refractivity contribution in [2.45, 2.75) is 25.7 Å². The lowest BCUT2D eigenvalue weighted by Crippen LogP contribution is -2.08. The molecule has 0 aliphatic heterocycles. The lowest BCUT2D eigenvalue weighted by Gasteiger charge is -2.08. The van der Waals surface area contributed by atoms with Crippen molar-refractivity contribution >= 4 is 11.7 Å². The summed E-state index contributed by atoms with van der Waals surface area (Å²) in [5, 5.41) is 12.1. The fraction of sp³-hybridized carbons (Fsp3) is 0.500. The molecule has 2 rings (SSSR count). The zero-order valence-electron chi connectivity index (χ0n) is 9.15. The molecule has 0 aromatic carbocycles. The van der Waals surface area contributed by atoms with E-state index in [1.165, 1.54) is 31.5 Å². The van der Waals surface area contributed by atoms with Gasteiger partial charge < -0.3 is 10.4 Å². The van der Waals surface area contributed by atoms with Gasteiger partial charge in [-0.15, -0.1) is 0 Å². The van der Waals surface area contributed by atoms with Crippen molar-refractivity contribution in [3.05, 3.63) is 24.0 Å². The van der Waals surface area contributed by atoms with E-state index in [0.29, 0.717) is 11.3 Å². The molecule has 16 heavy (non-hydrogen) atoms. The Labute approximate surface area is 94.7 Å². The first kappa shape index (κ1) is 10.9. The molecular weight excluding hydrogens is 204 g/mol. The monoisotopic (exact) mass is 220 g/mol. The summed E-state index contributed by atoms with van der Waals surface area (Å²) in [5.74, 6) is 0.0155. The van der Waals surface area contributed by atoms with Gasteiger partial charge in [0.15, 0.2) is 0 Å². The van der Waals surface area contributed by atoms with E-state index in [9.17, 15) is 4.79 Å². The van der Waals surface area contributed by atoms with Crippen LogP contribution in [0.3, 0.4) is 0 Å². The fourth-order valence-corrected chi connectivity index (χ4v) is 1.74. The molecule has 1 aliphatic rings. The van der Waals surface area contributed by atoms with Gasteiger partial charge in [-0.05, 0) is 24.8 Å². The third-order valence-corrected chi connectivity index (χ3v) is 2.85. The number of hydrogen-bond acceptors (Lipinski definition) is 3. The molecule has 2 N–H and O–H groups in total. The van der Waals surface area contributed by atoms with Crippen LogP contribution in [-0.2, 0) is 0 Å². The van der Waals surface area contributed by atoms with Gasteiger partial charge in [0.05, 0.1) is 17.4 Å². The van der Waals surface area contributed by atoms with Crippen molar-refractivity contribution in [1.82, 2.24) is 4.98 Å². The molecule has 4 nitrogen and oxygen atoms in total. The molecule has 1 aliphatic carbocycles. The van der Waals surface area contributed by atoms with Crippen molar-refractivity contribution in [2.75, 3.05) is 11.9 Å². The summed E-state index contributed by atoms with van der Waals surface area (Å²) >= 11 is 0. The first-order valence-electron chi connectivity index (χ1n) is 5.68. The second kappa shape index (κ2) is 4.96. The summed E-state index contributed by atoms with van der Waals surface area (Å²) in [6.45, 7) is 0.822. The van der Waals surface area contributed by atoms with Crippen LogP contribution in [-0.4, -0.2) is 22.6 Å². The van der Waals surface area contributed by atoms with Crippen molar-refractivity contribution < 1.29 is 9.90 Å². The van der Waals surface area contributed by atoms with E-state index in [0.717, 1.165) is 18.9 Å². The minimum absolute atomic E-state index is 0.293. The summed E-state index contributed by atoms with van der Waals surface area (Å²) < 4.78 is 0. The third kappa shape index (κ3) is 2.95. The normalized spacial score (nSPS) is 14.8. The van der Waals surface area contributed by atoms with Gasteiger partial charge in [-0.3, -0.25) is 4.98 Å². The second-order valence-electron chi connectivity index (χ2n) is 4.24. The lowest BCUT2D eigenvalue weighted by atomic mass is 10.2. The van der Waals surface area contributed by atoms with Gasteiger partial charge in [-0.1, -0.05) is 12.8 Å². The van der Waals surface area contributed by atoms with Crippen LogP contribution in [0, 0.1) is 5.92 Å². The first-order valence-corrected chi connectivity index (χ1v) is 5.68. The van der Waals surface area contributed by atoms with Crippen LogP contribution in [0.4, 0.5) is 5.69 Å². The number of nitrogens with one attached hydrogen (secondary N) is 1. The Morgan fingerprint density at radius 3 is 3.06 bits per heavy atom. The van der Waals surface area contributed by atoms with Crippen molar-refractivity contribution in [3.8, 4) is 0 Å². The van der Waals surface area contributed by atoms with Gasteiger partial charge in [-0.2, -0.15) is 0 Å². The number of aromatic carboxylic acids is 1. The van der Waals surface area contributed by atoms with Crippen molar-refractivity contribution in [3.63, 3.8) is 0 Å². The van der Waals surface area contributed by atoms with Gasteiger partial charge in [0.25, 0.3) is 0 Å². The molecule has 1 heterocycles. The number of pyridine rings is 1. The first-order chi connectivity index (χ1) is 7.77. The number of carbonyl (C=O) groups is 1. The van der Waals surface area contributed by atoms with Crippen LogP contribution in [0.5, 0.6) is 0 Å². The number of carboxylic acid groups (broad SMARTS) is 1. The van der Waals surface area contributed by atoms with E-state index in [1.54, 1.807) is 6.20 Å². The van der Waals surface area contributed by atoms with Crippen LogP contribution in [0.25, 0.3) is 0 Å². The molecule has 0 unspecified atom stereocenters. The third-order valence-electron chi connectivity index (χ3n) is 2.85. The van der Waals surface area contributed by atoms with Gasteiger partial charge >= 0.3 is 5.97 Å². The SMILES string of the molecule is O=C(O)c1ccncc1NCCCC1CC1. The average Bonchev–Trinajstić information content (AvgIpc) is 3.08. The van der Waals surface area contributed by atoms with Gasteiger partial charge in [0.2, 0.25) is 0 Å². The zero-order chi connectivity index (χ0) is 11.4. The van der Waals surface area contributed by atoms with Crippen molar-refractivity contribution in [1.29, 1.82) is 0 Å². The Hall–Kier alpha value is -1.58. The molecule has 86 valence electrons. The molecular formula is C12H16N2O2. The zero-order valence-corrected chi connectivity index (χ0v) is 9.15. The number of anilines is 1. The molecule has 0 atom stereocenters. The topological polar surface area (TPSA) is 62.2 Å². The fourth-order valence-electron chi connectivity index (χ4n) is 1.74. The maximum absolute atomic E-state index is 10.9. The second-order valence-corrected chi connectivity index (χ2v) is 4.24. The molecule has 1 saturated carbocycles. The lowest BCUT2D eigenvalue weighted by molar-refractivity contribution is 0.0698. The highest BCUT2D eigenvalue weighted by molar-refractivity contribution is 5.93. The average molecular weight is 220 g/mol. The Bertz CT molecular complexity index is 375. The largest absolute Gasteiger partial charge is 0.478 e. The van der Waals surface area contributed by atoms with Crippen LogP contribution in [0.2, 0.25) is 0 Å². The van der Waals surface area contributed by atoms with E-state index in [-0.39, 0.29) is 0 Å². The molecule has 0 saturated heterocycles. The Morgan fingerprint density at radius 1 is 1.56 bits per heavy atom. The molecule has 1 aromatic heterocycles. The molecule has 1 aromatic rings. The highest BCUT2D eigenvalue weighted by Gasteiger charge is 2.20. The quantitative estimate of drug-likeness (QED) is 0.722. The van der Waals surface area contributed by atoms with E-state index in [1.807, 2.05) is 0 Å². The number of carboxylic acids is 1.